The number of rotatable bonds is 3. The highest BCUT2D eigenvalue weighted by Gasteiger charge is 2.23. The van der Waals surface area contributed by atoms with Crippen molar-refractivity contribution in [2.75, 3.05) is 18.5 Å². The number of imidazole rings is 1. The first-order chi connectivity index (χ1) is 12.1. The third-order valence-corrected chi connectivity index (χ3v) is 4.47. The van der Waals surface area contributed by atoms with Gasteiger partial charge >= 0.3 is 0 Å². The van der Waals surface area contributed by atoms with Crippen LogP contribution >= 0.6 is 0 Å². The molecule has 1 aromatic carbocycles. The van der Waals surface area contributed by atoms with Crippen molar-refractivity contribution in [2.24, 2.45) is 5.92 Å². The third kappa shape index (κ3) is 3.10. The van der Waals surface area contributed by atoms with E-state index in [-0.39, 0.29) is 11.8 Å². The van der Waals surface area contributed by atoms with Crippen molar-refractivity contribution in [3.8, 4) is 11.3 Å². The quantitative estimate of drug-likeness (QED) is 0.793. The molecule has 7 heteroatoms. The number of amides is 1. The van der Waals surface area contributed by atoms with Crippen molar-refractivity contribution in [1.29, 1.82) is 0 Å². The van der Waals surface area contributed by atoms with E-state index >= 15 is 0 Å². The van der Waals surface area contributed by atoms with Gasteiger partial charge in [-0.25, -0.2) is 14.5 Å². The SMILES string of the molecule is Cc1nc2nc(-c3ccc(NC(=O)[C@@H]4CCOC4)cc3)cn2nc1C. The predicted octanol–water partition coefficient (Wildman–Crippen LogP) is 2.38. The van der Waals surface area contributed by atoms with Gasteiger partial charge in [-0.15, -0.1) is 0 Å². The van der Waals surface area contributed by atoms with Crippen LogP contribution in [0, 0.1) is 19.8 Å². The van der Waals surface area contributed by atoms with E-state index in [9.17, 15) is 4.79 Å². The number of aryl methyl sites for hydroxylation is 2. The summed E-state index contributed by atoms with van der Waals surface area (Å²) in [5.74, 6) is 0.538. The molecule has 0 aliphatic carbocycles. The van der Waals surface area contributed by atoms with Gasteiger partial charge in [-0.05, 0) is 32.4 Å². The summed E-state index contributed by atoms with van der Waals surface area (Å²) >= 11 is 0. The highest BCUT2D eigenvalue weighted by atomic mass is 16.5. The van der Waals surface area contributed by atoms with Crippen LogP contribution in [0.15, 0.2) is 30.5 Å². The van der Waals surface area contributed by atoms with Crippen LogP contribution in [0.5, 0.6) is 0 Å². The molecule has 1 amide bonds. The van der Waals surface area contributed by atoms with Crippen LogP contribution in [0.25, 0.3) is 17.0 Å². The highest BCUT2D eigenvalue weighted by molar-refractivity contribution is 5.93. The second kappa shape index (κ2) is 6.25. The summed E-state index contributed by atoms with van der Waals surface area (Å²) in [7, 11) is 0. The maximum atomic E-state index is 12.1. The number of nitrogens with zero attached hydrogens (tertiary/aromatic N) is 4. The zero-order valence-corrected chi connectivity index (χ0v) is 14.2. The highest BCUT2D eigenvalue weighted by Crippen LogP contribution is 2.22. The van der Waals surface area contributed by atoms with E-state index in [0.717, 1.165) is 34.8 Å². The monoisotopic (exact) mass is 337 g/mol. The number of carbonyl (C=O) groups excluding carboxylic acids is 1. The predicted molar refractivity (Wildman–Crippen MR) is 93.2 cm³/mol. The topological polar surface area (TPSA) is 81.4 Å². The molecular weight excluding hydrogens is 318 g/mol. The zero-order chi connectivity index (χ0) is 17.4. The minimum absolute atomic E-state index is 0.0114. The fraction of sp³-hybridized carbons (Fsp3) is 0.333. The number of aromatic nitrogens is 4. The number of benzene rings is 1. The molecule has 128 valence electrons. The molecule has 3 heterocycles. The van der Waals surface area contributed by atoms with E-state index < -0.39 is 0 Å². The normalized spacial score (nSPS) is 17.1. The average Bonchev–Trinajstić information content (AvgIpc) is 3.26. The van der Waals surface area contributed by atoms with E-state index in [1.807, 2.05) is 44.3 Å². The van der Waals surface area contributed by atoms with Gasteiger partial charge in [0.15, 0.2) is 0 Å². The molecule has 0 bridgehead atoms. The Hall–Kier alpha value is -2.80. The maximum absolute atomic E-state index is 12.1. The number of carbonyl (C=O) groups is 1. The first-order valence-electron chi connectivity index (χ1n) is 8.30. The minimum atomic E-state index is -0.0539. The summed E-state index contributed by atoms with van der Waals surface area (Å²) in [6.45, 7) is 5.01. The molecule has 0 saturated carbocycles. The van der Waals surface area contributed by atoms with Crippen molar-refractivity contribution < 1.29 is 9.53 Å². The molecule has 1 fully saturated rings. The molecule has 3 aromatic rings. The van der Waals surface area contributed by atoms with Crippen molar-refractivity contribution in [3.05, 3.63) is 41.9 Å². The molecule has 1 aliphatic heterocycles. The van der Waals surface area contributed by atoms with Gasteiger partial charge in [0.05, 0.1) is 35.8 Å². The van der Waals surface area contributed by atoms with Crippen LogP contribution in [0.1, 0.15) is 17.8 Å². The van der Waals surface area contributed by atoms with Gasteiger partial charge < -0.3 is 10.1 Å². The van der Waals surface area contributed by atoms with Crippen LogP contribution in [0.4, 0.5) is 5.69 Å². The Morgan fingerprint density at radius 2 is 2.00 bits per heavy atom. The molecule has 1 atom stereocenters. The second-order valence-corrected chi connectivity index (χ2v) is 6.28. The second-order valence-electron chi connectivity index (χ2n) is 6.28. The van der Waals surface area contributed by atoms with Gasteiger partial charge in [-0.2, -0.15) is 5.10 Å². The summed E-state index contributed by atoms with van der Waals surface area (Å²) in [6, 6.07) is 7.62. The van der Waals surface area contributed by atoms with E-state index in [1.54, 1.807) is 4.52 Å². The number of hydrogen-bond donors (Lipinski definition) is 1. The molecule has 0 spiro atoms. The fourth-order valence-corrected chi connectivity index (χ4v) is 2.83. The van der Waals surface area contributed by atoms with Gasteiger partial charge in [0, 0.05) is 17.9 Å². The lowest BCUT2D eigenvalue weighted by atomic mass is 10.1. The summed E-state index contributed by atoms with van der Waals surface area (Å²) in [5.41, 5.74) is 4.27. The van der Waals surface area contributed by atoms with Gasteiger partial charge in [0.25, 0.3) is 5.78 Å². The van der Waals surface area contributed by atoms with E-state index in [0.29, 0.717) is 19.0 Å². The Labute approximate surface area is 145 Å². The van der Waals surface area contributed by atoms with Crippen molar-refractivity contribution in [3.63, 3.8) is 0 Å². The summed E-state index contributed by atoms with van der Waals surface area (Å²) in [4.78, 5) is 21.1. The Kier molecular flexibility index (Phi) is 3.93. The number of fused-ring (bicyclic) bond motifs is 1. The number of hydrogen-bond acceptors (Lipinski definition) is 5. The van der Waals surface area contributed by atoms with Crippen molar-refractivity contribution in [2.45, 2.75) is 20.3 Å². The van der Waals surface area contributed by atoms with Crippen LogP contribution in [-0.4, -0.2) is 38.7 Å². The molecule has 7 nitrogen and oxygen atoms in total. The first-order valence-corrected chi connectivity index (χ1v) is 8.30. The molecule has 1 aliphatic rings. The Morgan fingerprint density at radius 3 is 2.72 bits per heavy atom. The molecule has 1 N–H and O–H groups in total. The molecule has 2 aromatic heterocycles. The summed E-state index contributed by atoms with van der Waals surface area (Å²) < 4.78 is 6.94. The van der Waals surface area contributed by atoms with Crippen LogP contribution in [0.2, 0.25) is 0 Å². The lowest BCUT2D eigenvalue weighted by Gasteiger charge is -2.09. The van der Waals surface area contributed by atoms with Gasteiger partial charge in [-0.3, -0.25) is 4.79 Å². The zero-order valence-electron chi connectivity index (χ0n) is 14.2. The molecule has 25 heavy (non-hydrogen) atoms. The number of ether oxygens (including phenoxy) is 1. The van der Waals surface area contributed by atoms with Crippen LogP contribution in [-0.2, 0) is 9.53 Å². The summed E-state index contributed by atoms with van der Waals surface area (Å²) in [6.07, 6.45) is 2.64. The van der Waals surface area contributed by atoms with E-state index in [4.69, 9.17) is 4.74 Å². The Balaban J connectivity index is 1.54. The van der Waals surface area contributed by atoms with E-state index in [2.05, 4.69) is 20.4 Å². The van der Waals surface area contributed by atoms with Gasteiger partial charge in [0.1, 0.15) is 0 Å². The lowest BCUT2D eigenvalue weighted by molar-refractivity contribution is -0.119. The Morgan fingerprint density at radius 1 is 1.20 bits per heavy atom. The third-order valence-electron chi connectivity index (χ3n) is 4.47. The standard InChI is InChI=1S/C18H19N5O2/c1-11-12(2)22-23-9-16(21-18(23)19-11)13-3-5-15(6-4-13)20-17(24)14-7-8-25-10-14/h3-6,9,14H,7-8,10H2,1-2H3,(H,20,24)/t14-/m1/s1. The molecular formula is C18H19N5O2. The van der Waals surface area contributed by atoms with Gasteiger partial charge in [0.2, 0.25) is 5.91 Å². The fourth-order valence-electron chi connectivity index (χ4n) is 2.83. The van der Waals surface area contributed by atoms with Crippen molar-refractivity contribution in [1.82, 2.24) is 19.6 Å². The van der Waals surface area contributed by atoms with E-state index in [1.165, 1.54) is 0 Å². The molecule has 4 rings (SSSR count). The van der Waals surface area contributed by atoms with Crippen LogP contribution in [0.3, 0.4) is 0 Å². The first kappa shape index (κ1) is 15.7. The lowest BCUT2D eigenvalue weighted by Crippen LogP contribution is -2.22. The largest absolute Gasteiger partial charge is 0.381 e. The molecule has 0 radical (unpaired) electrons. The maximum Gasteiger partial charge on any atom is 0.251 e. The summed E-state index contributed by atoms with van der Waals surface area (Å²) in [5, 5.41) is 7.38. The smallest absolute Gasteiger partial charge is 0.251 e. The molecule has 0 unspecified atom stereocenters. The van der Waals surface area contributed by atoms with Crippen molar-refractivity contribution >= 4 is 17.4 Å². The Bertz CT molecular complexity index is 888. The average molecular weight is 337 g/mol. The van der Waals surface area contributed by atoms with Gasteiger partial charge in [-0.1, -0.05) is 12.1 Å². The molecule has 1 saturated heterocycles. The van der Waals surface area contributed by atoms with Crippen LogP contribution < -0.4 is 5.32 Å². The number of nitrogens with one attached hydrogen (secondary N) is 1. The minimum Gasteiger partial charge on any atom is -0.381 e. The number of anilines is 1.